The Morgan fingerprint density at radius 1 is 1.23 bits per heavy atom. The van der Waals surface area contributed by atoms with Crippen LogP contribution in [0.4, 0.5) is 5.82 Å². The summed E-state index contributed by atoms with van der Waals surface area (Å²) in [6.07, 6.45) is 2.18. The number of anilines is 1. The van der Waals surface area contributed by atoms with Gasteiger partial charge in [0.15, 0.2) is 11.5 Å². The number of rotatable bonds is 5. The summed E-state index contributed by atoms with van der Waals surface area (Å²) in [6, 6.07) is 11.5. The second kappa shape index (κ2) is 8.03. The van der Waals surface area contributed by atoms with Crippen LogP contribution in [0.15, 0.2) is 42.6 Å². The van der Waals surface area contributed by atoms with E-state index < -0.39 is 0 Å². The van der Waals surface area contributed by atoms with E-state index in [2.05, 4.69) is 10.4 Å². The molecule has 7 heteroatoms. The van der Waals surface area contributed by atoms with Gasteiger partial charge in [0.2, 0.25) is 5.91 Å². The lowest BCUT2D eigenvalue weighted by molar-refractivity contribution is -0.116. The number of nitrogens with one attached hydrogen (secondary N) is 1. The Hall–Kier alpha value is -2.99. The second-order valence-corrected chi connectivity index (χ2v) is 8.03. The predicted molar refractivity (Wildman–Crippen MR) is 117 cm³/mol. The Morgan fingerprint density at radius 3 is 2.77 bits per heavy atom. The second-order valence-electron chi connectivity index (χ2n) is 7.63. The first-order valence-corrected chi connectivity index (χ1v) is 10.2. The average Bonchev–Trinajstić information content (AvgIpc) is 3.13. The number of methoxy groups -OCH3 is 1. The maximum Gasteiger partial charge on any atom is 0.226 e. The number of hydrogen-bond donors (Lipinski definition) is 1. The fraction of sp³-hybridized carbons (Fsp3) is 0.304. The van der Waals surface area contributed by atoms with E-state index in [0.29, 0.717) is 28.8 Å². The van der Waals surface area contributed by atoms with Crippen LogP contribution in [0.2, 0.25) is 5.02 Å². The number of fused-ring (bicyclic) bond motifs is 1. The van der Waals surface area contributed by atoms with Gasteiger partial charge in [0.25, 0.3) is 0 Å². The molecule has 0 saturated heterocycles. The van der Waals surface area contributed by atoms with Crippen LogP contribution in [0.1, 0.15) is 42.9 Å². The molecule has 0 spiro atoms. The molecule has 1 amide bonds. The van der Waals surface area contributed by atoms with Gasteiger partial charge in [-0.15, -0.1) is 0 Å². The first kappa shape index (κ1) is 20.3. The monoisotopic (exact) mass is 425 g/mol. The Kier molecular flexibility index (Phi) is 5.43. The molecular formula is C23H24ClN3O3. The molecule has 0 radical (unpaired) electrons. The van der Waals surface area contributed by atoms with E-state index in [-0.39, 0.29) is 17.9 Å². The van der Waals surface area contributed by atoms with Crippen molar-refractivity contribution in [1.29, 1.82) is 0 Å². The average molecular weight is 426 g/mol. The van der Waals surface area contributed by atoms with Gasteiger partial charge in [0.1, 0.15) is 5.82 Å². The van der Waals surface area contributed by atoms with Crippen molar-refractivity contribution in [3.63, 3.8) is 0 Å². The van der Waals surface area contributed by atoms with Crippen LogP contribution in [0.25, 0.3) is 5.69 Å². The van der Waals surface area contributed by atoms with Crippen molar-refractivity contribution in [3.05, 3.63) is 64.3 Å². The molecule has 1 aliphatic heterocycles. The van der Waals surface area contributed by atoms with E-state index in [1.807, 2.05) is 63.4 Å². The number of ether oxygens (including phenoxy) is 2. The summed E-state index contributed by atoms with van der Waals surface area (Å²) in [4.78, 5) is 12.6. The predicted octanol–water partition coefficient (Wildman–Crippen LogP) is 5.10. The summed E-state index contributed by atoms with van der Waals surface area (Å²) in [7, 11) is 1.62. The van der Waals surface area contributed by atoms with Crippen molar-refractivity contribution in [2.24, 2.45) is 0 Å². The highest BCUT2D eigenvalue weighted by Crippen LogP contribution is 2.41. The summed E-state index contributed by atoms with van der Waals surface area (Å²) >= 11 is 6.30. The van der Waals surface area contributed by atoms with Crippen molar-refractivity contribution in [1.82, 2.24) is 9.78 Å². The zero-order valence-corrected chi connectivity index (χ0v) is 18.2. The van der Waals surface area contributed by atoms with Crippen molar-refractivity contribution < 1.29 is 14.3 Å². The van der Waals surface area contributed by atoms with Gasteiger partial charge in [-0.3, -0.25) is 4.79 Å². The summed E-state index contributed by atoms with van der Waals surface area (Å²) in [5.41, 5.74) is 3.66. The highest BCUT2D eigenvalue weighted by molar-refractivity contribution is 6.31. The number of carbonyl (C=O) groups is 1. The van der Waals surface area contributed by atoms with Crippen LogP contribution in [-0.2, 0) is 4.79 Å². The van der Waals surface area contributed by atoms with Crippen molar-refractivity contribution in [3.8, 4) is 17.2 Å². The molecule has 6 nitrogen and oxygen atoms in total. The van der Waals surface area contributed by atoms with Crippen molar-refractivity contribution >= 4 is 23.3 Å². The van der Waals surface area contributed by atoms with Crippen molar-refractivity contribution in [2.45, 2.75) is 39.2 Å². The minimum absolute atomic E-state index is 0.0379. The number of hydrogen-bond acceptors (Lipinski definition) is 4. The third-order valence-electron chi connectivity index (χ3n) is 5.24. The molecule has 0 fully saturated rings. The van der Waals surface area contributed by atoms with Crippen molar-refractivity contribution in [2.75, 3.05) is 12.4 Å². The molecule has 4 rings (SSSR count). The topological polar surface area (TPSA) is 65.4 Å². The number of aromatic nitrogens is 2. The van der Waals surface area contributed by atoms with Crippen LogP contribution in [0.3, 0.4) is 0 Å². The normalized spacial score (nSPS) is 15.7. The van der Waals surface area contributed by atoms with Crippen LogP contribution in [-0.4, -0.2) is 28.9 Å². The maximum atomic E-state index is 12.6. The lowest BCUT2D eigenvalue weighted by Gasteiger charge is -2.25. The number of halogens is 1. The number of amides is 1. The molecule has 0 unspecified atom stereocenters. The molecule has 1 N–H and O–H groups in total. The highest BCUT2D eigenvalue weighted by atomic mass is 35.5. The SMILES string of the molecule is COc1cc([C@@H]2CC(=O)Nc3c2cnn3-c2cccc(Cl)c2C)ccc1OC(C)C. The third-order valence-corrected chi connectivity index (χ3v) is 5.65. The molecule has 0 bridgehead atoms. The maximum absolute atomic E-state index is 12.6. The fourth-order valence-corrected chi connectivity index (χ4v) is 3.95. The summed E-state index contributed by atoms with van der Waals surface area (Å²) in [5.74, 6) is 1.80. The quantitative estimate of drug-likeness (QED) is 0.617. The van der Waals surface area contributed by atoms with Crippen LogP contribution in [0.5, 0.6) is 11.5 Å². The molecule has 2 heterocycles. The lowest BCUT2D eigenvalue weighted by atomic mass is 9.87. The van der Waals surface area contributed by atoms with Gasteiger partial charge < -0.3 is 14.8 Å². The summed E-state index contributed by atoms with van der Waals surface area (Å²) in [5, 5.41) is 8.20. The van der Waals surface area contributed by atoms with Gasteiger partial charge in [0.05, 0.1) is 25.1 Å². The molecule has 156 valence electrons. The van der Waals surface area contributed by atoms with Gasteiger partial charge in [0, 0.05) is 22.9 Å². The number of benzene rings is 2. The van der Waals surface area contributed by atoms with Gasteiger partial charge in [-0.1, -0.05) is 23.7 Å². The summed E-state index contributed by atoms with van der Waals surface area (Å²) < 4.78 is 13.1. The highest BCUT2D eigenvalue weighted by Gasteiger charge is 2.31. The molecule has 1 aliphatic rings. The van der Waals surface area contributed by atoms with Crippen LogP contribution < -0.4 is 14.8 Å². The summed E-state index contributed by atoms with van der Waals surface area (Å²) in [6.45, 7) is 5.88. The van der Waals surface area contributed by atoms with Crippen LogP contribution >= 0.6 is 11.6 Å². The molecule has 30 heavy (non-hydrogen) atoms. The molecule has 1 aromatic heterocycles. The van der Waals surface area contributed by atoms with E-state index in [0.717, 1.165) is 22.4 Å². The first-order valence-electron chi connectivity index (χ1n) is 9.87. The molecule has 0 aliphatic carbocycles. The van der Waals surface area contributed by atoms with E-state index in [4.69, 9.17) is 21.1 Å². The van der Waals surface area contributed by atoms with Crippen LogP contribution in [0, 0.1) is 6.92 Å². The molecular weight excluding hydrogens is 402 g/mol. The van der Waals surface area contributed by atoms with E-state index in [1.54, 1.807) is 11.8 Å². The zero-order chi connectivity index (χ0) is 21.4. The molecule has 3 aromatic rings. The standard InChI is InChI=1S/C23H24ClN3O3/c1-13(2)30-20-9-8-15(10-21(20)29-4)16-11-22(28)26-23-17(16)12-25-27(23)19-7-5-6-18(24)14(19)3/h5-10,12-13,16H,11H2,1-4H3,(H,26,28)/t16-/m0/s1. The minimum atomic E-state index is -0.135. The van der Waals surface area contributed by atoms with Gasteiger partial charge in [-0.05, 0) is 56.2 Å². The molecule has 2 aromatic carbocycles. The van der Waals surface area contributed by atoms with E-state index in [9.17, 15) is 4.79 Å². The zero-order valence-electron chi connectivity index (χ0n) is 17.4. The van der Waals surface area contributed by atoms with Gasteiger partial charge in [-0.25, -0.2) is 4.68 Å². The van der Waals surface area contributed by atoms with E-state index in [1.165, 1.54) is 0 Å². The molecule has 0 saturated carbocycles. The Bertz CT molecular complexity index is 1110. The lowest BCUT2D eigenvalue weighted by Crippen LogP contribution is -2.24. The minimum Gasteiger partial charge on any atom is -0.493 e. The smallest absolute Gasteiger partial charge is 0.226 e. The first-order chi connectivity index (χ1) is 14.4. The third kappa shape index (κ3) is 3.63. The Balaban J connectivity index is 1.78. The van der Waals surface area contributed by atoms with Gasteiger partial charge in [-0.2, -0.15) is 5.10 Å². The fourth-order valence-electron chi connectivity index (χ4n) is 3.78. The Labute approximate surface area is 180 Å². The van der Waals surface area contributed by atoms with E-state index >= 15 is 0 Å². The number of carbonyl (C=O) groups excluding carboxylic acids is 1. The van der Waals surface area contributed by atoms with Gasteiger partial charge >= 0.3 is 0 Å². The Morgan fingerprint density at radius 2 is 2.03 bits per heavy atom. The molecule has 1 atom stereocenters. The largest absolute Gasteiger partial charge is 0.493 e. The number of nitrogens with zero attached hydrogens (tertiary/aromatic N) is 2.